The Morgan fingerprint density at radius 1 is 1.08 bits per heavy atom. The average Bonchev–Trinajstić information content (AvgIpc) is 3.45. The lowest BCUT2D eigenvalue weighted by molar-refractivity contribution is -0.161. The summed E-state index contributed by atoms with van der Waals surface area (Å²) in [6.07, 6.45) is 0.261. The van der Waals surface area contributed by atoms with E-state index in [4.69, 9.17) is 34.8 Å². The normalized spacial score (nSPS) is 21.1. The summed E-state index contributed by atoms with van der Waals surface area (Å²) in [7, 11) is -4.21. The van der Waals surface area contributed by atoms with Crippen molar-refractivity contribution in [2.24, 2.45) is 0 Å². The van der Waals surface area contributed by atoms with Gasteiger partial charge in [0, 0.05) is 12.1 Å². The number of carbonyl (C=O) groups excluding carboxylic acids is 2. The van der Waals surface area contributed by atoms with E-state index >= 15 is 8.78 Å². The quantitative estimate of drug-likeness (QED) is 0.550. The number of hydrogen-bond acceptors (Lipinski definition) is 5. The van der Waals surface area contributed by atoms with Gasteiger partial charge in [-0.15, -0.1) is 0 Å². The Morgan fingerprint density at radius 2 is 1.75 bits per heavy atom. The number of halogens is 5. The summed E-state index contributed by atoms with van der Waals surface area (Å²) in [6.45, 7) is -0.680. The van der Waals surface area contributed by atoms with Crippen molar-refractivity contribution in [2.45, 2.75) is 46.9 Å². The Morgan fingerprint density at radius 3 is 2.33 bits per heavy atom. The molecule has 7 nitrogen and oxygen atoms in total. The third kappa shape index (κ3) is 4.77. The van der Waals surface area contributed by atoms with Crippen LogP contribution in [0.3, 0.4) is 0 Å². The maximum atomic E-state index is 15.3. The van der Waals surface area contributed by atoms with Crippen LogP contribution in [0.4, 0.5) is 8.78 Å². The largest absolute Gasteiger partial charge is 0.350 e. The van der Waals surface area contributed by atoms with Gasteiger partial charge in [-0.05, 0) is 43.5 Å². The minimum absolute atomic E-state index is 0.000718. The van der Waals surface area contributed by atoms with Gasteiger partial charge < -0.3 is 10.2 Å². The van der Waals surface area contributed by atoms with Crippen molar-refractivity contribution in [3.63, 3.8) is 0 Å². The van der Waals surface area contributed by atoms with E-state index in [9.17, 15) is 23.3 Å². The Hall–Kier alpha value is -2.45. The van der Waals surface area contributed by atoms with E-state index in [1.54, 1.807) is 0 Å². The third-order valence-corrected chi connectivity index (χ3v) is 9.65. The molecule has 2 aromatic carbocycles. The van der Waals surface area contributed by atoms with Gasteiger partial charge in [0.05, 0.1) is 31.3 Å². The smallest absolute Gasteiger partial charge is 0.336 e. The maximum absolute atomic E-state index is 15.3. The Balaban J connectivity index is 1.70. The van der Waals surface area contributed by atoms with Gasteiger partial charge in [0.1, 0.15) is 11.6 Å². The SMILES string of the molecule is N#CC1(NC(=O)C2CC(S(=O)(=O)c3ccccc3Cl)CN2C(=O)C(F)(F)c2ccc(Cl)c(Cl)c2)CC1. The van der Waals surface area contributed by atoms with Crippen molar-refractivity contribution in [3.05, 3.63) is 63.1 Å². The second-order valence-corrected chi connectivity index (χ2v) is 12.1. The highest BCUT2D eigenvalue weighted by Crippen LogP contribution is 2.40. The molecule has 2 aliphatic rings. The fourth-order valence-electron chi connectivity index (χ4n) is 4.05. The topological polar surface area (TPSA) is 107 Å². The molecule has 0 radical (unpaired) electrons. The molecule has 36 heavy (non-hydrogen) atoms. The van der Waals surface area contributed by atoms with Crippen LogP contribution in [0.2, 0.25) is 15.1 Å². The van der Waals surface area contributed by atoms with Gasteiger partial charge in [-0.1, -0.05) is 53.0 Å². The van der Waals surface area contributed by atoms with Crippen LogP contribution in [-0.4, -0.2) is 48.5 Å². The highest BCUT2D eigenvalue weighted by Gasteiger charge is 2.54. The molecule has 1 aliphatic carbocycles. The monoisotopic (exact) mass is 575 g/mol. The summed E-state index contributed by atoms with van der Waals surface area (Å²) in [5, 5.41) is 10.1. The van der Waals surface area contributed by atoms with Crippen LogP contribution < -0.4 is 5.32 Å². The zero-order chi connectivity index (χ0) is 26.5. The van der Waals surface area contributed by atoms with Gasteiger partial charge in [0.25, 0.3) is 5.91 Å². The first-order valence-electron chi connectivity index (χ1n) is 10.7. The van der Waals surface area contributed by atoms with Crippen LogP contribution >= 0.6 is 34.8 Å². The number of nitrogens with one attached hydrogen (secondary N) is 1. The van der Waals surface area contributed by atoms with Gasteiger partial charge in [0.2, 0.25) is 5.91 Å². The number of hydrogen-bond donors (Lipinski definition) is 1. The first kappa shape index (κ1) is 26.6. The number of benzene rings is 2. The van der Waals surface area contributed by atoms with Gasteiger partial charge in [-0.2, -0.15) is 14.0 Å². The average molecular weight is 577 g/mol. The minimum Gasteiger partial charge on any atom is -0.336 e. The summed E-state index contributed by atoms with van der Waals surface area (Å²) in [5.74, 6) is -6.81. The molecule has 4 rings (SSSR count). The van der Waals surface area contributed by atoms with Crippen LogP contribution in [0.15, 0.2) is 47.4 Å². The maximum Gasteiger partial charge on any atom is 0.350 e. The number of nitrogens with zero attached hydrogens (tertiary/aromatic N) is 2. The molecular formula is C23H18Cl3F2N3O4S. The molecule has 2 aromatic rings. The summed E-state index contributed by atoms with van der Waals surface area (Å²) in [4.78, 5) is 26.5. The van der Waals surface area contributed by atoms with E-state index in [1.165, 1.54) is 24.3 Å². The molecule has 0 spiro atoms. The van der Waals surface area contributed by atoms with Crippen molar-refractivity contribution in [2.75, 3.05) is 6.54 Å². The predicted molar refractivity (Wildman–Crippen MR) is 129 cm³/mol. The van der Waals surface area contributed by atoms with Gasteiger partial charge in [-0.25, -0.2) is 8.42 Å². The molecule has 2 unspecified atom stereocenters. The van der Waals surface area contributed by atoms with Crippen molar-refractivity contribution in [1.29, 1.82) is 5.26 Å². The van der Waals surface area contributed by atoms with E-state index in [0.29, 0.717) is 17.7 Å². The molecule has 190 valence electrons. The zero-order valence-electron chi connectivity index (χ0n) is 18.4. The lowest BCUT2D eigenvalue weighted by atomic mass is 10.1. The number of likely N-dealkylation sites (tertiary alicyclic amines) is 1. The number of carbonyl (C=O) groups is 2. The van der Waals surface area contributed by atoms with E-state index in [-0.39, 0.29) is 20.0 Å². The summed E-state index contributed by atoms with van der Waals surface area (Å²) in [6, 6.07) is 8.84. The van der Waals surface area contributed by atoms with E-state index in [0.717, 1.165) is 18.2 Å². The minimum atomic E-state index is -4.21. The van der Waals surface area contributed by atoms with Crippen LogP contribution in [0.25, 0.3) is 0 Å². The molecule has 0 aromatic heterocycles. The number of amides is 2. The van der Waals surface area contributed by atoms with Crippen LogP contribution in [0.5, 0.6) is 0 Å². The second kappa shape index (κ2) is 9.45. The summed E-state index contributed by atoms with van der Waals surface area (Å²) in [5.41, 5.74) is -1.92. The van der Waals surface area contributed by atoms with Crippen molar-refractivity contribution >= 4 is 56.5 Å². The molecule has 0 bridgehead atoms. The molecule has 13 heteroatoms. The van der Waals surface area contributed by atoms with Crippen LogP contribution in [0.1, 0.15) is 24.8 Å². The van der Waals surface area contributed by atoms with Crippen molar-refractivity contribution in [1.82, 2.24) is 10.2 Å². The molecular weight excluding hydrogens is 559 g/mol. The number of nitriles is 1. The lowest BCUT2D eigenvalue weighted by Crippen LogP contribution is -2.52. The Bertz CT molecular complexity index is 1390. The summed E-state index contributed by atoms with van der Waals surface area (Å²) >= 11 is 17.7. The fraction of sp³-hybridized carbons (Fsp3) is 0.348. The standard InChI is InChI=1S/C23H18Cl3F2N3O4S/c24-15-6-5-13(9-17(15)26)23(27,28)21(33)31-11-14(36(34,35)19-4-2-1-3-16(19)25)10-18(31)20(32)30-22(12-29)7-8-22/h1-6,9,14,18H,7-8,10-11H2,(H,30,32). The second-order valence-electron chi connectivity index (χ2n) is 8.69. The van der Waals surface area contributed by atoms with E-state index < -0.39 is 62.9 Å². The first-order valence-corrected chi connectivity index (χ1v) is 13.4. The van der Waals surface area contributed by atoms with Crippen molar-refractivity contribution < 1.29 is 26.8 Å². The van der Waals surface area contributed by atoms with Crippen LogP contribution in [0, 0.1) is 11.3 Å². The Labute approximate surface area is 220 Å². The zero-order valence-corrected chi connectivity index (χ0v) is 21.4. The summed E-state index contributed by atoms with van der Waals surface area (Å²) < 4.78 is 57.3. The highest BCUT2D eigenvalue weighted by atomic mass is 35.5. The predicted octanol–water partition coefficient (Wildman–Crippen LogP) is 4.35. The van der Waals surface area contributed by atoms with E-state index in [2.05, 4.69) is 5.32 Å². The molecule has 1 saturated heterocycles. The molecule has 1 N–H and O–H groups in total. The number of rotatable bonds is 6. The van der Waals surface area contributed by atoms with Gasteiger partial charge in [0.15, 0.2) is 9.84 Å². The molecule has 1 heterocycles. The molecule has 2 atom stereocenters. The molecule has 2 fully saturated rings. The molecule has 2 amide bonds. The third-order valence-electron chi connectivity index (χ3n) is 6.29. The molecule has 1 aliphatic heterocycles. The van der Waals surface area contributed by atoms with Crippen molar-refractivity contribution in [3.8, 4) is 6.07 Å². The number of alkyl halides is 2. The fourth-order valence-corrected chi connectivity index (χ4v) is 6.57. The molecule has 1 saturated carbocycles. The number of sulfone groups is 1. The highest BCUT2D eigenvalue weighted by molar-refractivity contribution is 7.92. The van der Waals surface area contributed by atoms with Gasteiger partial charge >= 0.3 is 5.92 Å². The first-order chi connectivity index (χ1) is 16.8. The van der Waals surface area contributed by atoms with Gasteiger partial charge in [-0.3, -0.25) is 9.59 Å². The van der Waals surface area contributed by atoms with Crippen LogP contribution in [-0.2, 0) is 25.3 Å². The Kier molecular flexibility index (Phi) is 6.99. The lowest BCUT2D eigenvalue weighted by Gasteiger charge is -2.28. The van der Waals surface area contributed by atoms with E-state index in [1.807, 2.05) is 6.07 Å².